The van der Waals surface area contributed by atoms with E-state index in [0.29, 0.717) is 5.82 Å². The fraction of sp³-hybridized carbons (Fsp3) is 0. The van der Waals surface area contributed by atoms with Crippen LogP contribution < -0.4 is 0 Å². The van der Waals surface area contributed by atoms with Gasteiger partial charge in [0.15, 0.2) is 5.82 Å². The molecule has 0 radical (unpaired) electrons. The fourth-order valence-corrected chi connectivity index (χ4v) is 8.00. The highest BCUT2D eigenvalue weighted by Gasteiger charge is 2.21. The number of nitrogens with zero attached hydrogens (tertiary/aromatic N) is 3. The molecule has 0 bridgehead atoms. The van der Waals surface area contributed by atoms with Crippen LogP contribution in [-0.4, -0.2) is 15.0 Å². The van der Waals surface area contributed by atoms with Crippen LogP contribution in [0, 0.1) is 0 Å². The number of hydrogen-bond donors (Lipinski definition) is 0. The summed E-state index contributed by atoms with van der Waals surface area (Å²) in [7, 11) is 0. The number of aromatic nitrogens is 3. The fourth-order valence-electron chi connectivity index (χ4n) is 8.00. The highest BCUT2D eigenvalue weighted by molar-refractivity contribution is 6.21. The maximum absolute atomic E-state index is 6.72. The lowest BCUT2D eigenvalue weighted by atomic mass is 9.92. The Hall–Kier alpha value is -7.63. The summed E-state index contributed by atoms with van der Waals surface area (Å²) < 4.78 is 13.0. The molecular weight excluding hydrogens is 687 g/mol. The van der Waals surface area contributed by atoms with Crippen LogP contribution >= 0.6 is 0 Å². The van der Waals surface area contributed by atoms with E-state index in [2.05, 4.69) is 96.0 Å². The largest absolute Gasteiger partial charge is 0.456 e. The monoisotopic (exact) mass is 717 g/mol. The Morgan fingerprint density at radius 1 is 0.339 bits per heavy atom. The summed E-state index contributed by atoms with van der Waals surface area (Å²) in [4.78, 5) is 14.9. The van der Waals surface area contributed by atoms with Gasteiger partial charge in [0.05, 0.1) is 17.1 Å². The van der Waals surface area contributed by atoms with Gasteiger partial charge in [-0.15, -0.1) is 0 Å². The molecule has 5 nitrogen and oxygen atoms in total. The number of pyridine rings is 1. The molecule has 0 saturated carbocycles. The van der Waals surface area contributed by atoms with Gasteiger partial charge < -0.3 is 8.83 Å². The minimum absolute atomic E-state index is 0.665. The van der Waals surface area contributed by atoms with Gasteiger partial charge in [-0.25, -0.2) is 9.97 Å². The number of hydrogen-bond acceptors (Lipinski definition) is 5. The standard InChI is InChI=1S/C51H31N3O2/c1-2-13-34(14-3-1)51-53-43(31-44(54-51)37-16-5-4-15-36(37)42-20-10-11-30-52-42)33-26-24-32(25-27-33)35-28-29-39(49-41-18-7-9-22-46(41)56-50(35)49)38-19-12-23-47-48(38)40-17-6-8-21-45(40)55-47/h1-31H. The van der Waals surface area contributed by atoms with Crippen molar-refractivity contribution < 1.29 is 8.83 Å². The molecule has 262 valence electrons. The molecule has 56 heavy (non-hydrogen) atoms. The Morgan fingerprint density at radius 2 is 0.929 bits per heavy atom. The molecule has 0 saturated heterocycles. The first-order chi connectivity index (χ1) is 27.8. The third-order valence-corrected chi connectivity index (χ3v) is 10.6. The van der Waals surface area contributed by atoms with E-state index in [1.54, 1.807) is 0 Å². The maximum atomic E-state index is 6.72. The molecule has 0 fully saturated rings. The molecule has 7 aromatic carbocycles. The quantitative estimate of drug-likeness (QED) is 0.171. The van der Waals surface area contributed by atoms with Crippen molar-refractivity contribution in [2.75, 3.05) is 0 Å². The molecule has 11 rings (SSSR count). The summed E-state index contributed by atoms with van der Waals surface area (Å²) in [5.74, 6) is 0.665. The van der Waals surface area contributed by atoms with E-state index in [4.69, 9.17) is 18.8 Å². The van der Waals surface area contributed by atoms with Gasteiger partial charge in [0.1, 0.15) is 22.3 Å². The molecule has 5 heteroatoms. The number of fused-ring (bicyclic) bond motifs is 6. The van der Waals surface area contributed by atoms with Crippen LogP contribution in [0.25, 0.3) is 111 Å². The van der Waals surface area contributed by atoms with E-state index in [1.165, 1.54) is 0 Å². The normalized spacial score (nSPS) is 11.6. The van der Waals surface area contributed by atoms with Crippen LogP contribution in [-0.2, 0) is 0 Å². The summed E-state index contributed by atoms with van der Waals surface area (Å²) in [5.41, 5.74) is 14.3. The Balaban J connectivity index is 1.05. The Bertz CT molecular complexity index is 3240. The van der Waals surface area contributed by atoms with Gasteiger partial charge in [0, 0.05) is 55.6 Å². The van der Waals surface area contributed by atoms with Gasteiger partial charge in [0.2, 0.25) is 0 Å². The Labute approximate surface area is 322 Å². The van der Waals surface area contributed by atoms with Crippen LogP contribution in [0.5, 0.6) is 0 Å². The van der Waals surface area contributed by atoms with Crippen molar-refractivity contribution >= 4 is 43.9 Å². The zero-order valence-corrected chi connectivity index (χ0v) is 30.1. The van der Waals surface area contributed by atoms with E-state index < -0.39 is 0 Å². The van der Waals surface area contributed by atoms with Crippen LogP contribution in [0.2, 0.25) is 0 Å². The van der Waals surface area contributed by atoms with Crippen LogP contribution in [0.4, 0.5) is 0 Å². The molecule has 0 amide bonds. The van der Waals surface area contributed by atoms with Gasteiger partial charge in [-0.2, -0.15) is 0 Å². The summed E-state index contributed by atoms with van der Waals surface area (Å²) in [5, 5.41) is 4.36. The van der Waals surface area contributed by atoms with E-state index in [0.717, 1.165) is 105 Å². The zero-order chi connectivity index (χ0) is 37.0. The second-order valence-corrected chi connectivity index (χ2v) is 13.9. The molecule has 0 N–H and O–H groups in total. The highest BCUT2D eigenvalue weighted by atomic mass is 16.3. The SMILES string of the molecule is c1ccc(-c2nc(-c3ccc(-c4ccc(-c5cccc6oc7ccccc7c56)c5c4oc4ccccc45)cc3)cc(-c3ccccc3-c3ccccn3)n2)cc1. The number of benzene rings is 7. The lowest BCUT2D eigenvalue weighted by Gasteiger charge is -2.13. The summed E-state index contributed by atoms with van der Waals surface area (Å²) in [6.45, 7) is 0. The molecular formula is C51H31N3O2. The lowest BCUT2D eigenvalue weighted by molar-refractivity contribution is 0.668. The van der Waals surface area contributed by atoms with E-state index in [9.17, 15) is 0 Å². The molecule has 0 aliphatic heterocycles. The average Bonchev–Trinajstić information content (AvgIpc) is 3.86. The van der Waals surface area contributed by atoms with Crippen LogP contribution in [0.3, 0.4) is 0 Å². The molecule has 4 heterocycles. The minimum Gasteiger partial charge on any atom is -0.456 e. The molecule has 0 atom stereocenters. The molecule has 11 aromatic rings. The van der Waals surface area contributed by atoms with Crippen LogP contribution in [0.1, 0.15) is 0 Å². The van der Waals surface area contributed by atoms with Gasteiger partial charge in [-0.05, 0) is 59.2 Å². The van der Waals surface area contributed by atoms with E-state index >= 15 is 0 Å². The van der Waals surface area contributed by atoms with Gasteiger partial charge in [-0.3, -0.25) is 4.98 Å². The third-order valence-electron chi connectivity index (χ3n) is 10.6. The van der Waals surface area contributed by atoms with Crippen molar-refractivity contribution in [2.45, 2.75) is 0 Å². The second-order valence-electron chi connectivity index (χ2n) is 13.9. The lowest BCUT2D eigenvalue weighted by Crippen LogP contribution is -1.97. The van der Waals surface area contributed by atoms with Crippen molar-refractivity contribution in [3.63, 3.8) is 0 Å². The van der Waals surface area contributed by atoms with Crippen molar-refractivity contribution in [3.8, 4) is 67.4 Å². The van der Waals surface area contributed by atoms with Crippen molar-refractivity contribution in [1.82, 2.24) is 15.0 Å². The number of rotatable bonds is 6. The molecule has 0 spiro atoms. The first kappa shape index (κ1) is 31.9. The van der Waals surface area contributed by atoms with Gasteiger partial charge >= 0.3 is 0 Å². The Kier molecular flexibility index (Phi) is 7.42. The summed E-state index contributed by atoms with van der Waals surface area (Å²) >= 11 is 0. The Morgan fingerprint density at radius 3 is 1.71 bits per heavy atom. The van der Waals surface area contributed by atoms with Crippen molar-refractivity contribution in [3.05, 3.63) is 188 Å². The summed E-state index contributed by atoms with van der Waals surface area (Å²) in [6.07, 6.45) is 1.82. The molecule has 0 aliphatic carbocycles. The van der Waals surface area contributed by atoms with Gasteiger partial charge in [0.25, 0.3) is 0 Å². The topological polar surface area (TPSA) is 65.0 Å². The van der Waals surface area contributed by atoms with E-state index in [1.807, 2.05) is 97.2 Å². The van der Waals surface area contributed by atoms with Crippen molar-refractivity contribution in [1.29, 1.82) is 0 Å². The number of furan rings is 2. The second kappa shape index (κ2) is 13.0. The van der Waals surface area contributed by atoms with E-state index in [-0.39, 0.29) is 0 Å². The predicted octanol–water partition coefficient (Wildman–Crippen LogP) is 13.7. The van der Waals surface area contributed by atoms with Crippen LogP contribution in [0.15, 0.2) is 197 Å². The zero-order valence-electron chi connectivity index (χ0n) is 30.1. The minimum atomic E-state index is 0.665. The first-order valence-electron chi connectivity index (χ1n) is 18.7. The van der Waals surface area contributed by atoms with Crippen molar-refractivity contribution in [2.24, 2.45) is 0 Å². The highest BCUT2D eigenvalue weighted by Crippen LogP contribution is 2.45. The smallest absolute Gasteiger partial charge is 0.160 e. The molecule has 4 aromatic heterocycles. The number of para-hydroxylation sites is 2. The predicted molar refractivity (Wildman–Crippen MR) is 227 cm³/mol. The molecule has 0 unspecified atom stereocenters. The van der Waals surface area contributed by atoms with Gasteiger partial charge in [-0.1, -0.05) is 140 Å². The maximum Gasteiger partial charge on any atom is 0.160 e. The molecule has 0 aliphatic rings. The first-order valence-corrected chi connectivity index (χ1v) is 18.7. The third kappa shape index (κ3) is 5.29. The average molecular weight is 718 g/mol. The summed E-state index contributed by atoms with van der Waals surface area (Å²) in [6, 6.07) is 62.3.